The Morgan fingerprint density at radius 3 is 2.65 bits per heavy atom. The fourth-order valence-electron chi connectivity index (χ4n) is 1.50. The Balaban J connectivity index is 2.27. The molecule has 1 aromatic heterocycles. The third kappa shape index (κ3) is 2.42. The molecule has 0 bridgehead atoms. The van der Waals surface area contributed by atoms with Gasteiger partial charge in [-0.1, -0.05) is 18.2 Å². The van der Waals surface area contributed by atoms with Crippen molar-refractivity contribution in [2.75, 3.05) is 5.32 Å². The Labute approximate surface area is 98.3 Å². The number of rotatable bonds is 2. The molecule has 2 aromatic rings. The Morgan fingerprint density at radius 1 is 1.18 bits per heavy atom. The van der Waals surface area contributed by atoms with Gasteiger partial charge in [0.05, 0.1) is 0 Å². The SMILES string of the molecule is Cc1ccccc1NC(=O)c1ccc[nH]c1=O. The van der Waals surface area contributed by atoms with Crippen LogP contribution in [0.5, 0.6) is 0 Å². The zero-order valence-corrected chi connectivity index (χ0v) is 9.36. The predicted octanol–water partition coefficient (Wildman–Crippen LogP) is 1.94. The number of benzene rings is 1. The second-order valence-electron chi connectivity index (χ2n) is 3.68. The summed E-state index contributed by atoms with van der Waals surface area (Å²) >= 11 is 0. The lowest BCUT2D eigenvalue weighted by atomic mass is 10.2. The van der Waals surface area contributed by atoms with E-state index in [1.54, 1.807) is 12.1 Å². The molecule has 0 saturated heterocycles. The summed E-state index contributed by atoms with van der Waals surface area (Å²) in [6.45, 7) is 1.89. The van der Waals surface area contributed by atoms with Gasteiger partial charge in [0.2, 0.25) is 0 Å². The minimum absolute atomic E-state index is 0.107. The topological polar surface area (TPSA) is 62.0 Å². The molecule has 0 spiro atoms. The van der Waals surface area contributed by atoms with E-state index in [2.05, 4.69) is 10.3 Å². The van der Waals surface area contributed by atoms with E-state index in [4.69, 9.17) is 0 Å². The van der Waals surface area contributed by atoms with Crippen LogP contribution >= 0.6 is 0 Å². The summed E-state index contributed by atoms with van der Waals surface area (Å²) in [6, 6.07) is 10.5. The monoisotopic (exact) mass is 228 g/mol. The summed E-state index contributed by atoms with van der Waals surface area (Å²) < 4.78 is 0. The first kappa shape index (κ1) is 11.1. The van der Waals surface area contributed by atoms with E-state index in [9.17, 15) is 9.59 Å². The second kappa shape index (κ2) is 4.65. The highest BCUT2D eigenvalue weighted by atomic mass is 16.2. The molecule has 0 aliphatic carbocycles. The molecule has 1 amide bonds. The lowest BCUT2D eigenvalue weighted by Gasteiger charge is -2.07. The van der Waals surface area contributed by atoms with Gasteiger partial charge >= 0.3 is 0 Å². The summed E-state index contributed by atoms with van der Waals surface area (Å²) in [7, 11) is 0. The van der Waals surface area contributed by atoms with Crippen LogP contribution in [0.1, 0.15) is 15.9 Å². The number of aromatic nitrogens is 1. The average molecular weight is 228 g/mol. The van der Waals surface area contributed by atoms with Gasteiger partial charge in [0.25, 0.3) is 11.5 Å². The van der Waals surface area contributed by atoms with Crippen molar-refractivity contribution in [2.24, 2.45) is 0 Å². The number of H-pyrrole nitrogens is 1. The Hall–Kier alpha value is -2.36. The van der Waals surface area contributed by atoms with Crippen LogP contribution in [0.25, 0.3) is 0 Å². The molecule has 0 aliphatic rings. The number of aromatic amines is 1. The van der Waals surface area contributed by atoms with E-state index < -0.39 is 11.5 Å². The molecule has 2 N–H and O–H groups in total. The molecular formula is C13H12N2O2. The van der Waals surface area contributed by atoms with Crippen molar-refractivity contribution in [3.63, 3.8) is 0 Å². The van der Waals surface area contributed by atoms with Gasteiger partial charge in [-0.05, 0) is 30.7 Å². The molecule has 0 saturated carbocycles. The van der Waals surface area contributed by atoms with Crippen LogP contribution in [0.2, 0.25) is 0 Å². The molecule has 17 heavy (non-hydrogen) atoms. The fourth-order valence-corrected chi connectivity index (χ4v) is 1.50. The Bertz CT molecular complexity index is 602. The highest BCUT2D eigenvalue weighted by Crippen LogP contribution is 2.13. The van der Waals surface area contributed by atoms with Crippen LogP contribution in [-0.4, -0.2) is 10.9 Å². The molecule has 0 unspecified atom stereocenters. The molecule has 1 aromatic carbocycles. The standard InChI is InChI=1S/C13H12N2O2/c1-9-5-2-3-7-11(9)15-13(17)10-6-4-8-14-12(10)16/h2-8H,1H3,(H,14,16)(H,15,17). The zero-order valence-electron chi connectivity index (χ0n) is 9.36. The van der Waals surface area contributed by atoms with Crippen molar-refractivity contribution in [3.8, 4) is 0 Å². The number of hydrogen-bond donors (Lipinski definition) is 2. The lowest BCUT2D eigenvalue weighted by Crippen LogP contribution is -2.22. The van der Waals surface area contributed by atoms with Crippen LogP contribution in [0.3, 0.4) is 0 Å². The highest BCUT2D eigenvalue weighted by Gasteiger charge is 2.10. The van der Waals surface area contributed by atoms with Crippen molar-refractivity contribution in [2.45, 2.75) is 6.92 Å². The molecule has 86 valence electrons. The number of hydrogen-bond acceptors (Lipinski definition) is 2. The van der Waals surface area contributed by atoms with Crippen LogP contribution in [0.15, 0.2) is 47.4 Å². The smallest absolute Gasteiger partial charge is 0.261 e. The minimum Gasteiger partial charge on any atom is -0.328 e. The van der Waals surface area contributed by atoms with Crippen molar-refractivity contribution in [1.29, 1.82) is 0 Å². The summed E-state index contributed by atoms with van der Waals surface area (Å²) in [4.78, 5) is 25.7. The number of carbonyl (C=O) groups excluding carboxylic acids is 1. The van der Waals surface area contributed by atoms with E-state index in [0.29, 0.717) is 5.69 Å². The number of para-hydroxylation sites is 1. The molecule has 2 rings (SSSR count). The number of pyridine rings is 1. The molecular weight excluding hydrogens is 216 g/mol. The summed E-state index contributed by atoms with van der Waals surface area (Å²) in [5.41, 5.74) is 1.38. The van der Waals surface area contributed by atoms with Crippen LogP contribution in [0, 0.1) is 6.92 Å². The average Bonchev–Trinajstić information content (AvgIpc) is 2.32. The number of amides is 1. The van der Waals surface area contributed by atoms with Crippen LogP contribution < -0.4 is 10.9 Å². The quantitative estimate of drug-likeness (QED) is 0.825. The molecule has 0 aliphatic heterocycles. The van der Waals surface area contributed by atoms with Gasteiger partial charge in [0, 0.05) is 11.9 Å². The molecule has 0 fully saturated rings. The molecule has 0 atom stereocenters. The number of carbonyl (C=O) groups is 1. The maximum atomic E-state index is 11.9. The molecule has 1 heterocycles. The third-order valence-electron chi connectivity index (χ3n) is 2.46. The molecule has 4 heteroatoms. The van der Waals surface area contributed by atoms with Gasteiger partial charge in [0.1, 0.15) is 5.56 Å². The van der Waals surface area contributed by atoms with Crippen molar-refractivity contribution >= 4 is 11.6 Å². The molecule has 4 nitrogen and oxygen atoms in total. The maximum absolute atomic E-state index is 11.9. The normalized spacial score (nSPS) is 9.94. The lowest BCUT2D eigenvalue weighted by molar-refractivity contribution is 0.102. The maximum Gasteiger partial charge on any atom is 0.261 e. The van der Waals surface area contributed by atoms with Crippen LogP contribution in [-0.2, 0) is 0 Å². The number of anilines is 1. The number of nitrogens with one attached hydrogen (secondary N) is 2. The first-order chi connectivity index (χ1) is 8.18. The van der Waals surface area contributed by atoms with Gasteiger partial charge in [0.15, 0.2) is 0 Å². The first-order valence-electron chi connectivity index (χ1n) is 5.23. The van der Waals surface area contributed by atoms with E-state index >= 15 is 0 Å². The largest absolute Gasteiger partial charge is 0.328 e. The second-order valence-corrected chi connectivity index (χ2v) is 3.68. The van der Waals surface area contributed by atoms with Gasteiger partial charge in [-0.2, -0.15) is 0 Å². The fraction of sp³-hybridized carbons (Fsp3) is 0.0769. The number of aryl methyl sites for hydroxylation is 1. The Morgan fingerprint density at radius 2 is 1.94 bits per heavy atom. The Kier molecular flexibility index (Phi) is 3.05. The zero-order chi connectivity index (χ0) is 12.3. The summed E-state index contributed by atoms with van der Waals surface area (Å²) in [5.74, 6) is -0.402. The predicted molar refractivity (Wildman–Crippen MR) is 66.2 cm³/mol. The third-order valence-corrected chi connectivity index (χ3v) is 2.46. The highest BCUT2D eigenvalue weighted by molar-refractivity contribution is 6.04. The van der Waals surface area contributed by atoms with E-state index in [-0.39, 0.29) is 5.56 Å². The first-order valence-corrected chi connectivity index (χ1v) is 5.23. The minimum atomic E-state index is -0.402. The van der Waals surface area contributed by atoms with Gasteiger partial charge < -0.3 is 10.3 Å². The van der Waals surface area contributed by atoms with Gasteiger partial charge in [-0.3, -0.25) is 9.59 Å². The summed E-state index contributed by atoms with van der Waals surface area (Å²) in [5, 5.41) is 2.71. The van der Waals surface area contributed by atoms with E-state index in [0.717, 1.165) is 5.56 Å². The van der Waals surface area contributed by atoms with Crippen molar-refractivity contribution in [1.82, 2.24) is 4.98 Å². The van der Waals surface area contributed by atoms with Crippen molar-refractivity contribution in [3.05, 3.63) is 64.1 Å². The van der Waals surface area contributed by atoms with Crippen molar-refractivity contribution < 1.29 is 4.79 Å². The van der Waals surface area contributed by atoms with E-state index in [1.165, 1.54) is 12.3 Å². The van der Waals surface area contributed by atoms with E-state index in [1.807, 2.05) is 25.1 Å². The van der Waals surface area contributed by atoms with Crippen LogP contribution in [0.4, 0.5) is 5.69 Å². The van der Waals surface area contributed by atoms with Gasteiger partial charge in [-0.15, -0.1) is 0 Å². The summed E-state index contributed by atoms with van der Waals surface area (Å²) in [6.07, 6.45) is 1.49. The molecule has 0 radical (unpaired) electrons. The van der Waals surface area contributed by atoms with Gasteiger partial charge in [-0.25, -0.2) is 0 Å².